The fourth-order valence-corrected chi connectivity index (χ4v) is 3.72. The normalized spacial score (nSPS) is 12.8. The van der Waals surface area contributed by atoms with Gasteiger partial charge in [0.05, 0.1) is 0 Å². The van der Waals surface area contributed by atoms with Gasteiger partial charge in [0.25, 0.3) is 0 Å². The Morgan fingerprint density at radius 2 is 1.93 bits per heavy atom. The van der Waals surface area contributed by atoms with Gasteiger partial charge in [-0.25, -0.2) is 0 Å². The average Bonchev–Trinajstić information content (AvgIpc) is 2.99. The number of aromatic nitrogens is 1. The van der Waals surface area contributed by atoms with Crippen LogP contribution in [0.5, 0.6) is 0 Å². The molecule has 0 aliphatic carbocycles. The average molecular weight is 363 g/mol. The molecule has 1 aliphatic rings. The van der Waals surface area contributed by atoms with Gasteiger partial charge in [-0.3, -0.25) is 4.79 Å². The predicted octanol–water partition coefficient (Wildman–Crippen LogP) is 5.68. The Hall–Kier alpha value is -2.81. The summed E-state index contributed by atoms with van der Waals surface area (Å²) in [5, 5.41) is 4.27. The molecule has 1 aromatic heterocycles. The Labute approximate surface area is 163 Å². The first-order valence-electron chi connectivity index (χ1n) is 9.71. The highest BCUT2D eigenvalue weighted by atomic mass is 16.1. The molecule has 1 amide bonds. The standard InChI is InChI=1S/C22H22N2O.C2H6.H2/c1-15(12-18-14-24(2)21-6-4-3-5-19(18)21)11-16-7-8-17-9-10-22(25)23-20(17)13-16;1-2;/h3-8,13-14H,1,9-12H2,2H3,(H,23,25);1-2H3;1H. The number of nitrogens with one attached hydrogen (secondary N) is 1. The molecule has 0 spiro atoms. The summed E-state index contributed by atoms with van der Waals surface area (Å²) in [6, 6.07) is 14.9. The van der Waals surface area contributed by atoms with Crippen LogP contribution in [-0.4, -0.2) is 10.5 Å². The third-order valence-electron chi connectivity index (χ3n) is 4.94. The van der Waals surface area contributed by atoms with Crippen LogP contribution in [0.4, 0.5) is 5.69 Å². The minimum atomic E-state index is 0. The maximum atomic E-state index is 11.6. The molecule has 2 aromatic carbocycles. The van der Waals surface area contributed by atoms with Crippen molar-refractivity contribution in [3.8, 4) is 0 Å². The van der Waals surface area contributed by atoms with Gasteiger partial charge in [0.15, 0.2) is 0 Å². The van der Waals surface area contributed by atoms with Gasteiger partial charge >= 0.3 is 0 Å². The van der Waals surface area contributed by atoms with Crippen LogP contribution in [0, 0.1) is 0 Å². The van der Waals surface area contributed by atoms with Crippen LogP contribution in [0.15, 0.2) is 60.8 Å². The summed E-state index contributed by atoms with van der Waals surface area (Å²) < 4.78 is 2.17. The van der Waals surface area contributed by atoms with Crippen molar-refractivity contribution in [2.45, 2.75) is 39.5 Å². The maximum Gasteiger partial charge on any atom is 0.224 e. The van der Waals surface area contributed by atoms with Crippen molar-refractivity contribution in [3.05, 3.63) is 77.5 Å². The van der Waals surface area contributed by atoms with Crippen LogP contribution in [0.1, 0.15) is 38.4 Å². The van der Waals surface area contributed by atoms with Gasteiger partial charge in [-0.2, -0.15) is 0 Å². The first-order chi connectivity index (χ1) is 13.1. The monoisotopic (exact) mass is 362 g/mol. The van der Waals surface area contributed by atoms with Gasteiger partial charge in [-0.15, -0.1) is 0 Å². The van der Waals surface area contributed by atoms with E-state index >= 15 is 0 Å². The molecule has 0 saturated carbocycles. The van der Waals surface area contributed by atoms with E-state index in [9.17, 15) is 4.79 Å². The number of allylic oxidation sites excluding steroid dienone is 1. The van der Waals surface area contributed by atoms with E-state index in [0.717, 1.165) is 24.9 Å². The molecule has 0 atom stereocenters. The second kappa shape index (κ2) is 8.26. The first kappa shape index (κ1) is 19.0. The van der Waals surface area contributed by atoms with E-state index < -0.39 is 0 Å². The summed E-state index contributed by atoms with van der Waals surface area (Å²) in [6.45, 7) is 8.29. The topological polar surface area (TPSA) is 34.0 Å². The molecule has 1 N–H and O–H groups in total. The molecule has 3 aromatic rings. The first-order valence-corrected chi connectivity index (χ1v) is 9.71. The number of nitrogens with zero attached hydrogens (tertiary/aromatic N) is 1. The lowest BCUT2D eigenvalue weighted by Crippen LogP contribution is -2.19. The fourth-order valence-electron chi connectivity index (χ4n) is 3.72. The number of para-hydroxylation sites is 1. The summed E-state index contributed by atoms with van der Waals surface area (Å²) in [7, 11) is 2.08. The Morgan fingerprint density at radius 3 is 2.74 bits per heavy atom. The van der Waals surface area contributed by atoms with Crippen molar-refractivity contribution in [2.75, 3.05) is 5.32 Å². The molecule has 2 heterocycles. The lowest BCUT2D eigenvalue weighted by molar-refractivity contribution is -0.116. The van der Waals surface area contributed by atoms with Crippen molar-refractivity contribution >= 4 is 22.5 Å². The molecule has 3 heteroatoms. The van der Waals surface area contributed by atoms with Crippen LogP contribution in [0.3, 0.4) is 0 Å². The second-order valence-corrected chi connectivity index (χ2v) is 6.93. The largest absolute Gasteiger partial charge is 0.350 e. The third-order valence-corrected chi connectivity index (χ3v) is 4.94. The van der Waals surface area contributed by atoms with Crippen LogP contribution in [0.2, 0.25) is 0 Å². The Bertz CT molecular complexity index is 987. The molecular formula is C24H30N2O. The highest BCUT2D eigenvalue weighted by Crippen LogP contribution is 2.26. The highest BCUT2D eigenvalue weighted by Gasteiger charge is 2.15. The number of amides is 1. The number of anilines is 1. The van der Waals surface area contributed by atoms with Gasteiger partial charge < -0.3 is 9.88 Å². The van der Waals surface area contributed by atoms with Crippen LogP contribution in [-0.2, 0) is 31.1 Å². The smallest absolute Gasteiger partial charge is 0.224 e. The van der Waals surface area contributed by atoms with E-state index in [4.69, 9.17) is 0 Å². The lowest BCUT2D eigenvalue weighted by Gasteiger charge is -2.18. The highest BCUT2D eigenvalue weighted by molar-refractivity contribution is 5.94. The van der Waals surface area contributed by atoms with Crippen molar-refractivity contribution in [1.29, 1.82) is 0 Å². The van der Waals surface area contributed by atoms with Crippen molar-refractivity contribution in [2.24, 2.45) is 7.05 Å². The van der Waals surface area contributed by atoms with E-state index in [-0.39, 0.29) is 7.33 Å². The molecule has 0 bridgehead atoms. The number of hydrogen-bond donors (Lipinski definition) is 1. The Morgan fingerprint density at radius 1 is 1.15 bits per heavy atom. The lowest BCUT2D eigenvalue weighted by atomic mass is 9.96. The zero-order valence-corrected chi connectivity index (χ0v) is 16.5. The summed E-state index contributed by atoms with van der Waals surface area (Å²) in [5.74, 6) is 0.110. The van der Waals surface area contributed by atoms with E-state index in [1.807, 2.05) is 13.8 Å². The minimum absolute atomic E-state index is 0. The summed E-state index contributed by atoms with van der Waals surface area (Å²) in [5.41, 5.74) is 7.13. The van der Waals surface area contributed by atoms with Gasteiger partial charge in [-0.05, 0) is 48.1 Å². The molecule has 1 aliphatic heterocycles. The molecule has 142 valence electrons. The van der Waals surface area contributed by atoms with Crippen LogP contribution in [0.25, 0.3) is 10.9 Å². The maximum absolute atomic E-state index is 11.6. The fraction of sp³-hybridized carbons (Fsp3) is 0.292. The molecule has 4 rings (SSSR count). The molecule has 27 heavy (non-hydrogen) atoms. The number of fused-ring (bicyclic) bond motifs is 2. The van der Waals surface area contributed by atoms with E-state index in [2.05, 4.69) is 72.2 Å². The Kier molecular flexibility index (Phi) is 5.80. The quantitative estimate of drug-likeness (QED) is 0.596. The zero-order chi connectivity index (χ0) is 19.4. The molecular weight excluding hydrogens is 332 g/mol. The van der Waals surface area contributed by atoms with Crippen molar-refractivity contribution in [1.82, 2.24) is 4.57 Å². The second-order valence-electron chi connectivity index (χ2n) is 6.93. The number of hydrogen-bond acceptors (Lipinski definition) is 1. The molecule has 0 saturated heterocycles. The van der Waals surface area contributed by atoms with Crippen LogP contribution < -0.4 is 5.32 Å². The van der Waals surface area contributed by atoms with E-state index in [0.29, 0.717) is 6.42 Å². The number of carbonyl (C=O) groups excluding carboxylic acids is 1. The number of carbonyl (C=O) groups is 1. The number of benzene rings is 2. The molecule has 0 fully saturated rings. The zero-order valence-electron chi connectivity index (χ0n) is 16.5. The van der Waals surface area contributed by atoms with Gasteiger partial charge in [0, 0.05) is 37.7 Å². The Balaban J connectivity index is 0.000000906. The predicted molar refractivity (Wildman–Crippen MR) is 116 cm³/mol. The van der Waals surface area contributed by atoms with Gasteiger partial charge in [0.1, 0.15) is 0 Å². The molecule has 0 unspecified atom stereocenters. The summed E-state index contributed by atoms with van der Waals surface area (Å²) in [4.78, 5) is 11.6. The molecule has 0 radical (unpaired) electrons. The van der Waals surface area contributed by atoms with E-state index in [1.165, 1.54) is 33.2 Å². The van der Waals surface area contributed by atoms with E-state index in [1.54, 1.807) is 0 Å². The SMILES string of the molecule is C=C(Cc1ccc2c(c1)NC(=O)CC2)Cc1cn(C)c2ccccc12.CC.[HH]. The van der Waals surface area contributed by atoms with Gasteiger partial charge in [0.2, 0.25) is 5.91 Å². The number of rotatable bonds is 4. The minimum Gasteiger partial charge on any atom is -0.350 e. The third kappa shape index (κ3) is 4.13. The van der Waals surface area contributed by atoms with Crippen molar-refractivity contribution < 1.29 is 6.22 Å². The van der Waals surface area contributed by atoms with Crippen molar-refractivity contribution in [3.63, 3.8) is 0 Å². The molecule has 3 nitrogen and oxygen atoms in total. The van der Waals surface area contributed by atoms with Crippen LogP contribution >= 0.6 is 0 Å². The van der Waals surface area contributed by atoms with Gasteiger partial charge in [-0.1, -0.05) is 56.3 Å². The summed E-state index contributed by atoms with van der Waals surface area (Å²) in [6.07, 6.45) is 5.30. The summed E-state index contributed by atoms with van der Waals surface area (Å²) >= 11 is 0. The number of aryl methyl sites for hydroxylation is 2.